The number of carbonyl (C=O) groups is 1. The molecule has 0 aliphatic rings. The van der Waals surface area contributed by atoms with Crippen molar-refractivity contribution < 1.29 is 17.9 Å². The zero-order chi connectivity index (χ0) is 15.5. The molecule has 20 heavy (non-hydrogen) atoms. The highest BCUT2D eigenvalue weighted by Gasteiger charge is 2.20. The lowest BCUT2D eigenvalue weighted by Gasteiger charge is -2.14. The number of hydrogen-bond donors (Lipinski definition) is 1. The molecule has 1 aromatic rings. The number of nitrogens with two attached hydrogens (primary N) is 1. The first kappa shape index (κ1) is 17.1. The van der Waals surface area contributed by atoms with Crippen molar-refractivity contribution >= 4 is 31.9 Å². The first-order valence-electron chi connectivity index (χ1n) is 6.20. The quantitative estimate of drug-likeness (QED) is 0.814. The highest BCUT2D eigenvalue weighted by atomic mass is 79.9. The van der Waals surface area contributed by atoms with E-state index in [1.165, 1.54) is 12.1 Å². The fraction of sp³-hybridized carbons (Fsp3) is 0.462. The van der Waals surface area contributed by atoms with E-state index in [2.05, 4.69) is 15.9 Å². The Morgan fingerprint density at radius 1 is 1.45 bits per heavy atom. The third-order valence-corrected chi connectivity index (χ3v) is 4.59. The number of rotatable bonds is 5. The molecule has 0 aliphatic carbocycles. The normalized spacial score (nSPS) is 13.1. The number of benzene rings is 1. The average molecular weight is 364 g/mol. The van der Waals surface area contributed by atoms with Crippen LogP contribution in [0.3, 0.4) is 0 Å². The maximum atomic E-state index is 12.1. The molecule has 0 aromatic heterocycles. The van der Waals surface area contributed by atoms with Crippen molar-refractivity contribution in [2.45, 2.75) is 44.6 Å². The molecule has 0 aliphatic heterocycles. The molecule has 2 N–H and O–H groups in total. The standard InChI is InChI=1S/C13H18BrNO4S/c1-4-5-8(2)19-13(16)11-6-10(20(15,17)18)7-12(14)9(11)3/h6-8H,4-5H2,1-3H3,(H2,15,17,18). The maximum absolute atomic E-state index is 12.1. The van der Waals surface area contributed by atoms with E-state index in [9.17, 15) is 13.2 Å². The summed E-state index contributed by atoms with van der Waals surface area (Å²) in [5.41, 5.74) is 0.817. The summed E-state index contributed by atoms with van der Waals surface area (Å²) in [5, 5.41) is 5.09. The Bertz CT molecular complexity index is 613. The largest absolute Gasteiger partial charge is 0.459 e. The molecule has 1 rings (SSSR count). The Hall–Kier alpha value is -0.920. The van der Waals surface area contributed by atoms with Crippen LogP contribution in [0.1, 0.15) is 42.6 Å². The summed E-state index contributed by atoms with van der Waals surface area (Å²) in [6.07, 6.45) is 1.43. The van der Waals surface area contributed by atoms with Gasteiger partial charge in [0, 0.05) is 4.47 Å². The van der Waals surface area contributed by atoms with Crippen LogP contribution in [0.4, 0.5) is 0 Å². The lowest BCUT2D eigenvalue weighted by molar-refractivity contribution is 0.0322. The SMILES string of the molecule is CCCC(C)OC(=O)c1cc(S(N)(=O)=O)cc(Br)c1C. The molecule has 0 bridgehead atoms. The van der Waals surface area contributed by atoms with E-state index in [0.29, 0.717) is 10.0 Å². The first-order chi connectivity index (χ1) is 9.16. The van der Waals surface area contributed by atoms with Crippen molar-refractivity contribution in [1.29, 1.82) is 0 Å². The summed E-state index contributed by atoms with van der Waals surface area (Å²) in [6.45, 7) is 5.50. The number of primary sulfonamides is 1. The van der Waals surface area contributed by atoms with Crippen LogP contribution in [0.2, 0.25) is 0 Å². The number of esters is 1. The predicted octanol–water partition coefficient (Wildman–Crippen LogP) is 2.75. The first-order valence-corrected chi connectivity index (χ1v) is 8.54. The number of sulfonamides is 1. The minimum atomic E-state index is -3.87. The monoisotopic (exact) mass is 363 g/mol. The summed E-state index contributed by atoms with van der Waals surface area (Å²) in [6, 6.07) is 2.62. The molecule has 5 nitrogen and oxygen atoms in total. The van der Waals surface area contributed by atoms with Crippen LogP contribution in [0.25, 0.3) is 0 Å². The van der Waals surface area contributed by atoms with Crippen LogP contribution in [-0.4, -0.2) is 20.5 Å². The minimum absolute atomic E-state index is 0.120. The Balaban J connectivity index is 3.17. The average Bonchev–Trinajstić information content (AvgIpc) is 2.31. The summed E-state index contributed by atoms with van der Waals surface area (Å²) in [4.78, 5) is 12.0. The van der Waals surface area contributed by atoms with Gasteiger partial charge in [-0.3, -0.25) is 0 Å². The van der Waals surface area contributed by atoms with Crippen LogP contribution in [0, 0.1) is 6.92 Å². The van der Waals surface area contributed by atoms with Gasteiger partial charge < -0.3 is 4.74 Å². The molecular weight excluding hydrogens is 346 g/mol. The van der Waals surface area contributed by atoms with Crippen LogP contribution in [0.15, 0.2) is 21.5 Å². The van der Waals surface area contributed by atoms with Gasteiger partial charge in [-0.15, -0.1) is 0 Å². The van der Waals surface area contributed by atoms with E-state index in [0.717, 1.165) is 12.8 Å². The summed E-state index contributed by atoms with van der Waals surface area (Å²) in [5.74, 6) is -0.547. The summed E-state index contributed by atoms with van der Waals surface area (Å²) in [7, 11) is -3.87. The molecule has 0 radical (unpaired) electrons. The maximum Gasteiger partial charge on any atom is 0.338 e. The molecule has 0 amide bonds. The van der Waals surface area contributed by atoms with Gasteiger partial charge in [0.1, 0.15) is 0 Å². The van der Waals surface area contributed by atoms with Gasteiger partial charge in [0.2, 0.25) is 10.0 Å². The Labute approximate surface area is 127 Å². The molecule has 1 atom stereocenters. The van der Waals surface area contributed by atoms with Crippen molar-refractivity contribution in [3.05, 3.63) is 27.7 Å². The van der Waals surface area contributed by atoms with Gasteiger partial charge in [-0.1, -0.05) is 29.3 Å². The molecule has 0 fully saturated rings. The number of hydrogen-bond acceptors (Lipinski definition) is 4. The van der Waals surface area contributed by atoms with Crippen molar-refractivity contribution in [3.8, 4) is 0 Å². The predicted molar refractivity (Wildman–Crippen MR) is 80.0 cm³/mol. The smallest absolute Gasteiger partial charge is 0.338 e. The Morgan fingerprint density at radius 3 is 2.55 bits per heavy atom. The molecule has 1 unspecified atom stereocenters. The topological polar surface area (TPSA) is 86.5 Å². The molecule has 0 saturated carbocycles. The van der Waals surface area contributed by atoms with E-state index >= 15 is 0 Å². The molecule has 0 saturated heterocycles. The molecule has 0 heterocycles. The minimum Gasteiger partial charge on any atom is -0.459 e. The third kappa shape index (κ3) is 4.29. The number of carbonyl (C=O) groups excluding carboxylic acids is 1. The summed E-state index contributed by atoms with van der Waals surface area (Å²) >= 11 is 3.23. The van der Waals surface area contributed by atoms with Gasteiger partial charge in [0.05, 0.1) is 16.6 Å². The highest BCUT2D eigenvalue weighted by molar-refractivity contribution is 9.10. The van der Waals surface area contributed by atoms with Gasteiger partial charge in [0.25, 0.3) is 0 Å². The lowest BCUT2D eigenvalue weighted by atomic mass is 10.1. The number of halogens is 1. The van der Waals surface area contributed by atoms with Gasteiger partial charge in [-0.2, -0.15) is 0 Å². The van der Waals surface area contributed by atoms with E-state index in [-0.39, 0.29) is 16.6 Å². The van der Waals surface area contributed by atoms with Crippen LogP contribution in [-0.2, 0) is 14.8 Å². The molecule has 112 valence electrons. The van der Waals surface area contributed by atoms with E-state index in [1.807, 2.05) is 6.92 Å². The van der Waals surface area contributed by atoms with Crippen LogP contribution < -0.4 is 5.14 Å². The summed E-state index contributed by atoms with van der Waals surface area (Å²) < 4.78 is 28.6. The van der Waals surface area contributed by atoms with Crippen LogP contribution in [0.5, 0.6) is 0 Å². The van der Waals surface area contributed by atoms with Gasteiger partial charge in [0.15, 0.2) is 0 Å². The molecule has 0 spiro atoms. The lowest BCUT2D eigenvalue weighted by Crippen LogP contribution is -2.18. The second-order valence-corrected chi connectivity index (χ2v) is 7.04. The van der Waals surface area contributed by atoms with Crippen molar-refractivity contribution in [2.75, 3.05) is 0 Å². The Morgan fingerprint density at radius 2 is 2.05 bits per heavy atom. The van der Waals surface area contributed by atoms with Crippen LogP contribution >= 0.6 is 15.9 Å². The fourth-order valence-corrected chi connectivity index (χ4v) is 2.92. The molecule has 1 aromatic carbocycles. The van der Waals surface area contributed by atoms with Crippen molar-refractivity contribution in [1.82, 2.24) is 0 Å². The van der Waals surface area contributed by atoms with Gasteiger partial charge >= 0.3 is 5.97 Å². The van der Waals surface area contributed by atoms with Crippen molar-refractivity contribution in [2.24, 2.45) is 5.14 Å². The van der Waals surface area contributed by atoms with E-state index in [4.69, 9.17) is 9.88 Å². The van der Waals surface area contributed by atoms with Gasteiger partial charge in [-0.05, 0) is 38.0 Å². The highest BCUT2D eigenvalue weighted by Crippen LogP contribution is 2.25. The zero-order valence-electron chi connectivity index (χ0n) is 11.6. The second kappa shape index (κ2) is 6.69. The van der Waals surface area contributed by atoms with Crippen molar-refractivity contribution in [3.63, 3.8) is 0 Å². The van der Waals surface area contributed by atoms with E-state index < -0.39 is 16.0 Å². The third-order valence-electron chi connectivity index (χ3n) is 2.87. The second-order valence-electron chi connectivity index (χ2n) is 4.63. The van der Waals surface area contributed by atoms with E-state index in [1.54, 1.807) is 13.8 Å². The van der Waals surface area contributed by atoms with Gasteiger partial charge in [-0.25, -0.2) is 18.4 Å². The molecule has 7 heteroatoms. The zero-order valence-corrected chi connectivity index (χ0v) is 14.0. The molecular formula is C13H18BrNO4S. The number of ether oxygens (including phenoxy) is 1. The Kier molecular flexibility index (Phi) is 5.73. The fourth-order valence-electron chi connectivity index (χ4n) is 1.74.